The van der Waals surface area contributed by atoms with Gasteiger partial charge in [-0.25, -0.2) is 9.78 Å². The third-order valence-electron chi connectivity index (χ3n) is 3.67. The van der Waals surface area contributed by atoms with Crippen LogP contribution >= 0.6 is 11.3 Å². The van der Waals surface area contributed by atoms with E-state index in [2.05, 4.69) is 16.9 Å². The van der Waals surface area contributed by atoms with Crippen molar-refractivity contribution < 1.29 is 9.53 Å². The highest BCUT2D eigenvalue weighted by atomic mass is 32.1. The normalized spacial score (nSPS) is 10.9. The lowest BCUT2D eigenvalue weighted by Crippen LogP contribution is -2.02. The molecule has 0 aliphatic carbocycles. The number of ether oxygens (including phenoxy) is 1. The van der Waals surface area contributed by atoms with Crippen LogP contribution in [0.5, 0.6) is 0 Å². The van der Waals surface area contributed by atoms with Crippen molar-refractivity contribution in [2.24, 2.45) is 0 Å². The number of hydrogen-bond donors (Lipinski definition) is 1. The molecule has 0 atom stereocenters. The van der Waals surface area contributed by atoms with Gasteiger partial charge in [0.2, 0.25) is 0 Å². The number of aromatic nitrogens is 2. The fourth-order valence-corrected chi connectivity index (χ4v) is 3.41. The molecule has 0 saturated carbocycles. The average molecular weight is 327 g/mol. The molecular weight excluding hydrogens is 310 g/mol. The van der Waals surface area contributed by atoms with Crippen molar-refractivity contribution in [3.05, 3.63) is 41.2 Å². The molecule has 118 valence electrons. The minimum atomic E-state index is -0.377. The quantitative estimate of drug-likeness (QED) is 0.744. The van der Waals surface area contributed by atoms with Crippen LogP contribution in [0, 0.1) is 6.92 Å². The molecule has 5 nitrogen and oxygen atoms in total. The maximum atomic E-state index is 12.0. The van der Waals surface area contributed by atoms with Gasteiger partial charge in [0.1, 0.15) is 0 Å². The van der Waals surface area contributed by atoms with Gasteiger partial charge in [-0.3, -0.25) is 4.98 Å². The number of thiazole rings is 1. The zero-order valence-electron chi connectivity index (χ0n) is 13.2. The molecule has 23 heavy (non-hydrogen) atoms. The number of nitrogens with zero attached hydrogens (tertiary/aromatic N) is 2. The van der Waals surface area contributed by atoms with Gasteiger partial charge in [-0.2, -0.15) is 0 Å². The summed E-state index contributed by atoms with van der Waals surface area (Å²) in [6.07, 6.45) is 0.792. The van der Waals surface area contributed by atoms with Gasteiger partial charge >= 0.3 is 5.97 Å². The standard InChI is InChI=1S/C17H17N3O2S/c1-4-13-11(6-5-9(2)19-13)12-7-10(16(21)22-3)8-14-15(12)20-17(18)23-14/h5-8H,4H2,1-3H3,(H2,18,20). The molecule has 2 N–H and O–H groups in total. The lowest BCUT2D eigenvalue weighted by Gasteiger charge is -2.10. The third kappa shape index (κ3) is 2.77. The number of carbonyl (C=O) groups excluding carboxylic acids is 1. The van der Waals surface area contributed by atoms with Gasteiger partial charge in [-0.15, -0.1) is 0 Å². The molecule has 6 heteroatoms. The Morgan fingerprint density at radius 3 is 2.74 bits per heavy atom. The van der Waals surface area contributed by atoms with Crippen LogP contribution in [0.15, 0.2) is 24.3 Å². The number of hydrogen-bond acceptors (Lipinski definition) is 6. The first-order chi connectivity index (χ1) is 11.0. The number of pyridine rings is 1. The molecule has 0 bridgehead atoms. The van der Waals surface area contributed by atoms with Crippen LogP contribution in [0.2, 0.25) is 0 Å². The second kappa shape index (κ2) is 5.96. The van der Waals surface area contributed by atoms with Gasteiger partial charge in [0.05, 0.1) is 22.9 Å². The first-order valence-corrected chi connectivity index (χ1v) is 8.10. The van der Waals surface area contributed by atoms with Crippen molar-refractivity contribution in [1.29, 1.82) is 0 Å². The molecule has 3 aromatic rings. The predicted octanol–water partition coefficient (Wildman–Crippen LogP) is 3.60. The topological polar surface area (TPSA) is 78.1 Å². The monoisotopic (exact) mass is 327 g/mol. The highest BCUT2D eigenvalue weighted by molar-refractivity contribution is 7.22. The summed E-state index contributed by atoms with van der Waals surface area (Å²) in [6, 6.07) is 7.55. The van der Waals surface area contributed by atoms with Crippen molar-refractivity contribution in [3.63, 3.8) is 0 Å². The van der Waals surface area contributed by atoms with Crippen LogP contribution in [0.4, 0.5) is 5.13 Å². The van der Waals surface area contributed by atoms with Crippen molar-refractivity contribution in [1.82, 2.24) is 9.97 Å². The molecule has 0 spiro atoms. The smallest absolute Gasteiger partial charge is 0.337 e. The number of methoxy groups -OCH3 is 1. The fourth-order valence-electron chi connectivity index (χ4n) is 2.61. The second-order valence-electron chi connectivity index (χ2n) is 5.21. The number of nitrogen functional groups attached to an aromatic ring is 1. The van der Waals surface area contributed by atoms with E-state index >= 15 is 0 Å². The van der Waals surface area contributed by atoms with E-state index in [1.807, 2.05) is 19.1 Å². The molecule has 0 saturated heterocycles. The van der Waals surface area contributed by atoms with Crippen LogP contribution in [0.1, 0.15) is 28.7 Å². The van der Waals surface area contributed by atoms with E-state index in [0.717, 1.165) is 39.2 Å². The summed E-state index contributed by atoms with van der Waals surface area (Å²) in [5, 5.41) is 0.474. The van der Waals surface area contributed by atoms with Gasteiger partial charge in [0, 0.05) is 22.5 Å². The number of aryl methyl sites for hydroxylation is 2. The van der Waals surface area contributed by atoms with Gasteiger partial charge in [-0.1, -0.05) is 24.3 Å². The van der Waals surface area contributed by atoms with E-state index in [-0.39, 0.29) is 5.97 Å². The summed E-state index contributed by atoms with van der Waals surface area (Å²) >= 11 is 1.36. The van der Waals surface area contributed by atoms with Gasteiger partial charge in [-0.05, 0) is 31.5 Å². The number of rotatable bonds is 3. The third-order valence-corrected chi connectivity index (χ3v) is 4.50. The van der Waals surface area contributed by atoms with Crippen molar-refractivity contribution >= 4 is 32.7 Å². The van der Waals surface area contributed by atoms with E-state index < -0.39 is 0 Å². The van der Waals surface area contributed by atoms with Gasteiger partial charge < -0.3 is 10.5 Å². The Hall–Kier alpha value is -2.47. The summed E-state index contributed by atoms with van der Waals surface area (Å²) in [6.45, 7) is 4.02. The minimum absolute atomic E-state index is 0.377. The Labute approximate surface area is 138 Å². The summed E-state index contributed by atoms with van der Waals surface area (Å²) < 4.78 is 5.72. The lowest BCUT2D eigenvalue weighted by atomic mass is 9.99. The molecule has 0 radical (unpaired) electrons. The molecule has 2 aromatic heterocycles. The first-order valence-electron chi connectivity index (χ1n) is 7.28. The summed E-state index contributed by atoms with van der Waals surface area (Å²) in [4.78, 5) is 21.0. The van der Waals surface area contributed by atoms with Crippen LogP contribution < -0.4 is 5.73 Å². The number of carbonyl (C=O) groups is 1. The number of esters is 1. The van der Waals surface area contributed by atoms with Crippen molar-refractivity contribution in [3.8, 4) is 11.1 Å². The highest BCUT2D eigenvalue weighted by Gasteiger charge is 2.17. The molecule has 2 heterocycles. The van der Waals surface area contributed by atoms with Crippen LogP contribution in [-0.2, 0) is 11.2 Å². The predicted molar refractivity (Wildman–Crippen MR) is 92.7 cm³/mol. The van der Waals surface area contributed by atoms with Gasteiger partial charge in [0.25, 0.3) is 0 Å². The zero-order chi connectivity index (χ0) is 16.6. The zero-order valence-corrected chi connectivity index (χ0v) is 14.0. The first kappa shape index (κ1) is 15.4. The average Bonchev–Trinajstić information content (AvgIpc) is 2.93. The fraction of sp³-hybridized carbons (Fsp3) is 0.235. The highest BCUT2D eigenvalue weighted by Crippen LogP contribution is 2.35. The lowest BCUT2D eigenvalue weighted by molar-refractivity contribution is 0.0601. The van der Waals surface area contributed by atoms with E-state index in [9.17, 15) is 4.79 Å². The van der Waals surface area contributed by atoms with Gasteiger partial charge in [0.15, 0.2) is 5.13 Å². The SMILES string of the molecule is CCc1nc(C)ccc1-c1cc(C(=O)OC)cc2sc(N)nc12. The maximum Gasteiger partial charge on any atom is 0.337 e. The van der Waals surface area contributed by atoms with Crippen LogP contribution in [0.25, 0.3) is 21.3 Å². The molecule has 0 fully saturated rings. The Kier molecular flexibility index (Phi) is 4.00. The van der Waals surface area contributed by atoms with Crippen LogP contribution in [-0.4, -0.2) is 23.0 Å². The molecular formula is C17H17N3O2S. The maximum absolute atomic E-state index is 12.0. The number of nitrogens with two attached hydrogens (primary N) is 1. The van der Waals surface area contributed by atoms with Crippen molar-refractivity contribution in [2.45, 2.75) is 20.3 Å². The molecule has 0 unspecified atom stereocenters. The Morgan fingerprint density at radius 1 is 1.26 bits per heavy atom. The summed E-state index contributed by atoms with van der Waals surface area (Å²) in [5.41, 5.74) is 10.9. The van der Waals surface area contributed by atoms with E-state index in [4.69, 9.17) is 10.5 Å². The number of fused-ring (bicyclic) bond motifs is 1. The largest absolute Gasteiger partial charge is 0.465 e. The molecule has 3 rings (SSSR count). The number of anilines is 1. The molecule has 0 amide bonds. The Morgan fingerprint density at radius 2 is 2.04 bits per heavy atom. The second-order valence-corrected chi connectivity index (χ2v) is 6.28. The summed E-state index contributed by atoms with van der Waals surface area (Å²) in [7, 11) is 1.37. The number of benzene rings is 1. The van der Waals surface area contributed by atoms with Crippen molar-refractivity contribution in [2.75, 3.05) is 12.8 Å². The van der Waals surface area contributed by atoms with E-state index in [1.54, 1.807) is 12.1 Å². The Balaban J connectivity index is 2.33. The van der Waals surface area contributed by atoms with Crippen LogP contribution in [0.3, 0.4) is 0 Å². The molecule has 0 aliphatic rings. The van der Waals surface area contributed by atoms with E-state index in [1.165, 1.54) is 18.4 Å². The van der Waals surface area contributed by atoms with E-state index in [0.29, 0.717) is 10.7 Å². The summed E-state index contributed by atoms with van der Waals surface area (Å²) in [5.74, 6) is -0.377. The molecule has 1 aromatic carbocycles. The minimum Gasteiger partial charge on any atom is -0.465 e. The molecule has 0 aliphatic heterocycles. The Bertz CT molecular complexity index is 902.